The van der Waals surface area contributed by atoms with Crippen LogP contribution in [-0.4, -0.2) is 98.9 Å². The maximum absolute atomic E-state index is 15.4. The van der Waals surface area contributed by atoms with Crippen LogP contribution in [0.2, 0.25) is 0 Å². The maximum Gasteiger partial charge on any atom is 0.325 e. The number of aromatic amines is 1. The molecule has 7 rings (SSSR count). The Morgan fingerprint density at radius 1 is 1.19 bits per heavy atom. The standard InChI is InChI=1S/C21H24FN10O8PS/c22-10-9(2-33)38-19(32-7-28-12-16(32)29-20(24)30-17(12)34)13(10)40-41(35,42)37-4-21-1-8(36-3-21)18(39-21)31-6-27-11-14(23)25-5-26-15(11)31/h5-10,13,18-19,33H,1-4H2,(H,35,42)(H2,23,25,26)(H3,24,29,30,34)/t8-,9-,10+,13-,18-,19-,21-,41?/m1/s1. The Hall–Kier alpha value is -3.20. The van der Waals surface area contributed by atoms with Crippen LogP contribution < -0.4 is 17.0 Å². The molecule has 3 fully saturated rings. The van der Waals surface area contributed by atoms with Crippen molar-refractivity contribution < 1.29 is 37.6 Å². The van der Waals surface area contributed by atoms with Crippen LogP contribution in [0.4, 0.5) is 16.2 Å². The number of aliphatic hydroxyl groups excluding tert-OH is 1. The maximum atomic E-state index is 15.4. The minimum Gasteiger partial charge on any atom is -0.394 e. The Morgan fingerprint density at radius 2 is 1.95 bits per heavy atom. The molecular formula is C21H24FN10O8PS. The minimum absolute atomic E-state index is 0.0229. The predicted molar refractivity (Wildman–Crippen MR) is 143 cm³/mol. The SMILES string of the molecule is Nc1nc2c(ncn2[C@@H]2O[C@H](CO)[C@H](F)[C@H]2OP(O)(=S)OC[C@]23CO[C@H](C2)[C@H](n2cnc4c(N)ncnc42)O3)c(=O)[nH]1. The zero-order chi connectivity index (χ0) is 29.4. The fourth-order valence-electron chi connectivity index (χ4n) is 5.46. The number of nitrogen functional groups attached to an aromatic ring is 2. The Labute approximate surface area is 239 Å². The lowest BCUT2D eigenvalue weighted by Gasteiger charge is -2.32. The van der Waals surface area contributed by atoms with Gasteiger partial charge in [0.05, 0.1) is 32.5 Å². The summed E-state index contributed by atoms with van der Waals surface area (Å²) in [5.41, 5.74) is 10.7. The molecule has 0 aliphatic carbocycles. The van der Waals surface area contributed by atoms with Gasteiger partial charge in [0.2, 0.25) is 5.95 Å². The number of fused-ring (bicyclic) bond motifs is 4. The van der Waals surface area contributed by atoms with Crippen molar-refractivity contribution in [3.63, 3.8) is 0 Å². The lowest BCUT2D eigenvalue weighted by molar-refractivity contribution is -0.180. The third kappa shape index (κ3) is 4.46. The number of H-pyrrole nitrogens is 1. The second-order valence-electron chi connectivity index (χ2n) is 10.1. The number of anilines is 2. The van der Waals surface area contributed by atoms with E-state index in [0.29, 0.717) is 17.6 Å². The first-order chi connectivity index (χ1) is 20.1. The van der Waals surface area contributed by atoms with Crippen molar-refractivity contribution >= 4 is 52.6 Å². The molecule has 4 aromatic rings. The van der Waals surface area contributed by atoms with E-state index in [9.17, 15) is 14.8 Å². The summed E-state index contributed by atoms with van der Waals surface area (Å²) in [6.07, 6.45) is -2.77. The summed E-state index contributed by atoms with van der Waals surface area (Å²) in [5.74, 6) is 0.0131. The van der Waals surface area contributed by atoms with Gasteiger partial charge in [0.15, 0.2) is 41.3 Å². The normalized spacial score (nSPS) is 32.3. The molecule has 0 saturated carbocycles. The zero-order valence-corrected chi connectivity index (χ0v) is 23.1. The summed E-state index contributed by atoms with van der Waals surface area (Å²) in [6.45, 7) is -4.96. The van der Waals surface area contributed by atoms with E-state index in [1.165, 1.54) is 23.5 Å². The average Bonchev–Trinajstić information content (AvgIpc) is 3.76. The first-order valence-electron chi connectivity index (χ1n) is 12.6. The van der Waals surface area contributed by atoms with E-state index in [4.69, 9.17) is 46.5 Å². The number of nitrogens with two attached hydrogens (primary N) is 2. The van der Waals surface area contributed by atoms with E-state index in [1.54, 1.807) is 4.57 Å². The Morgan fingerprint density at radius 3 is 2.74 bits per heavy atom. The number of hydrogen-bond acceptors (Lipinski definition) is 15. The molecule has 3 aliphatic heterocycles. The van der Waals surface area contributed by atoms with E-state index < -0.39 is 55.3 Å². The van der Waals surface area contributed by atoms with Crippen molar-refractivity contribution in [1.82, 2.24) is 39.0 Å². The van der Waals surface area contributed by atoms with Crippen molar-refractivity contribution in [3.8, 4) is 0 Å². The van der Waals surface area contributed by atoms with Crippen LogP contribution in [0.1, 0.15) is 18.9 Å². The largest absolute Gasteiger partial charge is 0.394 e. The van der Waals surface area contributed by atoms with Gasteiger partial charge < -0.3 is 40.2 Å². The van der Waals surface area contributed by atoms with Gasteiger partial charge in [-0.15, -0.1) is 0 Å². The highest BCUT2D eigenvalue weighted by Crippen LogP contribution is 2.53. The molecule has 42 heavy (non-hydrogen) atoms. The number of nitrogens with one attached hydrogen (secondary N) is 1. The van der Waals surface area contributed by atoms with E-state index in [2.05, 4.69) is 29.9 Å². The number of hydrogen-bond donors (Lipinski definition) is 5. The van der Waals surface area contributed by atoms with E-state index in [0.717, 1.165) is 0 Å². The molecule has 8 atom stereocenters. The van der Waals surface area contributed by atoms with Gasteiger partial charge >= 0.3 is 6.72 Å². The second-order valence-corrected chi connectivity index (χ2v) is 12.9. The third-order valence-electron chi connectivity index (χ3n) is 7.40. The molecule has 4 aromatic heterocycles. The number of ether oxygens (including phenoxy) is 3. The van der Waals surface area contributed by atoms with E-state index in [-0.39, 0.29) is 42.2 Å². The summed E-state index contributed by atoms with van der Waals surface area (Å²) < 4.78 is 47.4. The number of alkyl halides is 1. The van der Waals surface area contributed by atoms with Crippen molar-refractivity contribution in [1.29, 1.82) is 0 Å². The van der Waals surface area contributed by atoms with Gasteiger partial charge in [0, 0.05) is 6.42 Å². The highest BCUT2D eigenvalue weighted by Gasteiger charge is 2.56. The highest BCUT2D eigenvalue weighted by molar-refractivity contribution is 8.07. The molecule has 0 aromatic carbocycles. The molecule has 18 nitrogen and oxygen atoms in total. The van der Waals surface area contributed by atoms with Crippen LogP contribution >= 0.6 is 6.72 Å². The van der Waals surface area contributed by atoms with Gasteiger partial charge in [0.25, 0.3) is 5.56 Å². The van der Waals surface area contributed by atoms with Crippen molar-refractivity contribution in [2.45, 2.75) is 49.0 Å². The first kappa shape index (κ1) is 27.6. The zero-order valence-electron chi connectivity index (χ0n) is 21.4. The van der Waals surface area contributed by atoms with Crippen LogP contribution in [0.5, 0.6) is 0 Å². The lowest BCUT2D eigenvalue weighted by atomic mass is 10.0. The number of aliphatic hydroxyl groups is 1. The summed E-state index contributed by atoms with van der Waals surface area (Å²) in [7, 11) is 0. The van der Waals surface area contributed by atoms with E-state index in [1.807, 2.05) is 0 Å². The third-order valence-corrected chi connectivity index (χ3v) is 8.94. The summed E-state index contributed by atoms with van der Waals surface area (Å²) >= 11 is 5.24. The monoisotopic (exact) mass is 626 g/mol. The van der Waals surface area contributed by atoms with Gasteiger partial charge in [-0.1, -0.05) is 0 Å². The Kier molecular flexibility index (Phi) is 6.53. The number of aromatic nitrogens is 8. The van der Waals surface area contributed by atoms with Crippen LogP contribution in [0.25, 0.3) is 22.3 Å². The number of imidazole rings is 2. The molecule has 0 amide bonds. The number of halogens is 1. The molecule has 0 spiro atoms. The fourth-order valence-corrected chi connectivity index (χ4v) is 6.90. The number of rotatable bonds is 8. The fraction of sp³-hybridized carbons (Fsp3) is 0.524. The molecule has 3 saturated heterocycles. The minimum atomic E-state index is -4.16. The summed E-state index contributed by atoms with van der Waals surface area (Å²) in [5, 5.41) is 9.67. The summed E-state index contributed by atoms with van der Waals surface area (Å²) in [6, 6.07) is 0. The van der Waals surface area contributed by atoms with Crippen LogP contribution in [-0.2, 0) is 35.1 Å². The molecular weight excluding hydrogens is 602 g/mol. The second kappa shape index (κ2) is 9.93. The quantitative estimate of drug-likeness (QED) is 0.148. The van der Waals surface area contributed by atoms with E-state index >= 15 is 4.39 Å². The van der Waals surface area contributed by atoms with Gasteiger partial charge in [0.1, 0.15) is 35.8 Å². The van der Waals surface area contributed by atoms with Crippen molar-refractivity contribution in [3.05, 3.63) is 29.3 Å². The lowest BCUT2D eigenvalue weighted by Crippen LogP contribution is -2.39. The van der Waals surface area contributed by atoms with Gasteiger partial charge in [-0.2, -0.15) is 4.98 Å². The molecule has 7 heterocycles. The molecule has 1 unspecified atom stereocenters. The van der Waals surface area contributed by atoms with Crippen LogP contribution in [0.3, 0.4) is 0 Å². The van der Waals surface area contributed by atoms with Gasteiger partial charge in [-0.25, -0.2) is 24.3 Å². The highest BCUT2D eigenvalue weighted by atomic mass is 32.5. The smallest absolute Gasteiger partial charge is 0.325 e. The topological polar surface area (TPSA) is 246 Å². The molecule has 7 N–H and O–H groups in total. The predicted octanol–water partition coefficient (Wildman–Crippen LogP) is -0.973. The first-order valence-corrected chi connectivity index (χ1v) is 15.2. The van der Waals surface area contributed by atoms with Crippen LogP contribution in [0.15, 0.2) is 23.8 Å². The summed E-state index contributed by atoms with van der Waals surface area (Å²) in [4.78, 5) is 46.0. The van der Waals surface area contributed by atoms with Gasteiger partial charge in [-0.05, 0) is 11.8 Å². The average molecular weight is 627 g/mol. The molecule has 2 bridgehead atoms. The number of nitrogens with zero attached hydrogens (tertiary/aromatic N) is 7. The van der Waals surface area contributed by atoms with Crippen molar-refractivity contribution in [2.24, 2.45) is 0 Å². The molecule has 224 valence electrons. The van der Waals surface area contributed by atoms with Crippen molar-refractivity contribution in [2.75, 3.05) is 31.3 Å². The van der Waals surface area contributed by atoms with Gasteiger partial charge in [-0.3, -0.25) is 23.4 Å². The molecule has 0 radical (unpaired) electrons. The Bertz CT molecular complexity index is 1790. The Balaban J connectivity index is 1.09. The molecule has 21 heteroatoms. The van der Waals surface area contributed by atoms with Crippen LogP contribution in [0, 0.1) is 0 Å². The molecule has 3 aliphatic rings.